The van der Waals surface area contributed by atoms with Gasteiger partial charge in [0.25, 0.3) is 5.56 Å². The van der Waals surface area contributed by atoms with Crippen molar-refractivity contribution in [3.8, 4) is 0 Å². The van der Waals surface area contributed by atoms with Gasteiger partial charge in [-0.15, -0.1) is 0 Å². The van der Waals surface area contributed by atoms with E-state index in [-0.39, 0.29) is 18.5 Å². The summed E-state index contributed by atoms with van der Waals surface area (Å²) in [5.74, 6) is 0. The largest absolute Gasteiger partial charge is 0.360 e. The molecule has 0 saturated carbocycles. The number of hydrogen-bond donors (Lipinski definition) is 1. The lowest BCUT2D eigenvalue weighted by Crippen LogP contribution is -2.41. The van der Waals surface area contributed by atoms with Gasteiger partial charge in [-0.05, 0) is 20.3 Å². The van der Waals surface area contributed by atoms with Gasteiger partial charge >= 0.3 is 5.69 Å². The molecule has 0 unspecified atom stereocenters. The minimum absolute atomic E-state index is 0.0284. The summed E-state index contributed by atoms with van der Waals surface area (Å²) in [7, 11) is 0. The van der Waals surface area contributed by atoms with Gasteiger partial charge in [-0.3, -0.25) is 9.36 Å². The molecule has 7 heteroatoms. The average Bonchev–Trinajstić information content (AvgIpc) is 2.86. The third-order valence-electron chi connectivity index (χ3n) is 3.12. The minimum Gasteiger partial charge on any atom is -0.360 e. The Hall–Kier alpha value is -1.89. The predicted molar refractivity (Wildman–Crippen MR) is 75.9 cm³/mol. The number of nitrogens with zero attached hydrogens (tertiary/aromatic N) is 3. The molecule has 110 valence electrons. The summed E-state index contributed by atoms with van der Waals surface area (Å²) < 4.78 is 8.00. The molecule has 2 heterocycles. The number of ether oxygens (including phenoxy) is 1. The number of nitrogens with one attached hydrogen (secondary N) is 1. The van der Waals surface area contributed by atoms with Crippen molar-refractivity contribution in [3.05, 3.63) is 27.2 Å². The van der Waals surface area contributed by atoms with E-state index in [1.165, 1.54) is 10.9 Å². The van der Waals surface area contributed by atoms with E-state index in [9.17, 15) is 9.59 Å². The summed E-state index contributed by atoms with van der Waals surface area (Å²) >= 11 is 0. The second kappa shape index (κ2) is 6.04. The maximum absolute atomic E-state index is 12.4. The first-order chi connectivity index (χ1) is 9.57. The molecule has 0 atom stereocenters. The number of imidazole rings is 1. The molecule has 20 heavy (non-hydrogen) atoms. The van der Waals surface area contributed by atoms with Crippen LogP contribution in [-0.2, 0) is 11.5 Å². The smallest absolute Gasteiger partial charge is 0.334 e. The maximum Gasteiger partial charge on any atom is 0.334 e. The highest BCUT2D eigenvalue weighted by Crippen LogP contribution is 2.08. The number of aromatic amines is 1. The molecule has 0 aromatic carbocycles. The summed E-state index contributed by atoms with van der Waals surface area (Å²) in [5, 5.41) is 0. The Balaban J connectivity index is 2.48. The van der Waals surface area contributed by atoms with Crippen LogP contribution in [0, 0.1) is 0 Å². The van der Waals surface area contributed by atoms with Crippen LogP contribution in [0.2, 0.25) is 0 Å². The van der Waals surface area contributed by atoms with E-state index in [1.807, 2.05) is 13.8 Å². The molecule has 2 aromatic rings. The second-order valence-electron chi connectivity index (χ2n) is 4.97. The van der Waals surface area contributed by atoms with Crippen LogP contribution < -0.4 is 11.2 Å². The summed E-state index contributed by atoms with van der Waals surface area (Å²) in [4.78, 5) is 31.5. The molecule has 1 N–H and O–H groups in total. The van der Waals surface area contributed by atoms with Gasteiger partial charge in [0.2, 0.25) is 0 Å². The van der Waals surface area contributed by atoms with Crippen LogP contribution in [0.4, 0.5) is 0 Å². The van der Waals surface area contributed by atoms with Crippen LogP contribution in [0.15, 0.2) is 15.9 Å². The van der Waals surface area contributed by atoms with E-state index in [0.717, 1.165) is 17.4 Å². The molecule has 0 amide bonds. The zero-order valence-corrected chi connectivity index (χ0v) is 12.0. The average molecular weight is 280 g/mol. The highest BCUT2D eigenvalue weighted by atomic mass is 16.5. The Morgan fingerprint density at radius 1 is 1.40 bits per heavy atom. The van der Waals surface area contributed by atoms with Gasteiger partial charge in [0.1, 0.15) is 12.2 Å². The normalized spacial score (nSPS) is 11.6. The summed E-state index contributed by atoms with van der Waals surface area (Å²) in [6.07, 6.45) is 3.33. The standard InChI is InChI=1S/C13H20N4O3/c1-4-5-6-20-8-16-12(18)10-11(15-7-14-10)17(9(2)3)13(16)19/h7,9H,4-6,8H2,1-3H3,(H,14,15). The molecule has 0 spiro atoms. The summed E-state index contributed by atoms with van der Waals surface area (Å²) in [5.41, 5.74) is -0.0609. The van der Waals surface area contributed by atoms with Gasteiger partial charge in [-0.25, -0.2) is 14.3 Å². The van der Waals surface area contributed by atoms with Gasteiger partial charge in [0.05, 0.1) is 6.33 Å². The molecule has 0 aliphatic carbocycles. The van der Waals surface area contributed by atoms with Crippen molar-refractivity contribution < 1.29 is 4.74 Å². The summed E-state index contributed by atoms with van der Waals surface area (Å²) in [6.45, 7) is 6.31. The van der Waals surface area contributed by atoms with E-state index in [4.69, 9.17) is 4.74 Å². The lowest BCUT2D eigenvalue weighted by atomic mass is 10.3. The number of aromatic nitrogens is 4. The van der Waals surface area contributed by atoms with Crippen LogP contribution in [0.1, 0.15) is 39.7 Å². The van der Waals surface area contributed by atoms with Gasteiger partial charge in [0, 0.05) is 12.6 Å². The molecular formula is C13H20N4O3. The number of rotatable bonds is 6. The van der Waals surface area contributed by atoms with E-state index < -0.39 is 5.56 Å². The molecular weight excluding hydrogens is 260 g/mol. The minimum atomic E-state index is -0.393. The van der Waals surface area contributed by atoms with Gasteiger partial charge < -0.3 is 9.72 Å². The van der Waals surface area contributed by atoms with Gasteiger partial charge in [-0.2, -0.15) is 0 Å². The fourth-order valence-corrected chi connectivity index (χ4v) is 2.05. The summed E-state index contributed by atoms with van der Waals surface area (Å²) in [6, 6.07) is -0.0872. The lowest BCUT2D eigenvalue weighted by molar-refractivity contribution is 0.0688. The molecule has 0 fully saturated rings. The Morgan fingerprint density at radius 2 is 2.15 bits per heavy atom. The third-order valence-corrected chi connectivity index (χ3v) is 3.12. The number of fused-ring (bicyclic) bond motifs is 1. The Morgan fingerprint density at radius 3 is 2.80 bits per heavy atom. The van der Waals surface area contributed by atoms with Gasteiger partial charge in [-0.1, -0.05) is 13.3 Å². The molecule has 2 rings (SSSR count). The molecule has 0 aliphatic rings. The Kier molecular flexibility index (Phi) is 4.39. The van der Waals surface area contributed by atoms with Crippen LogP contribution >= 0.6 is 0 Å². The fourth-order valence-electron chi connectivity index (χ4n) is 2.05. The topological polar surface area (TPSA) is 81.9 Å². The van der Waals surface area contributed by atoms with Crippen LogP contribution in [-0.4, -0.2) is 25.7 Å². The van der Waals surface area contributed by atoms with Crippen LogP contribution in [0.5, 0.6) is 0 Å². The zero-order chi connectivity index (χ0) is 14.7. The van der Waals surface area contributed by atoms with Crippen molar-refractivity contribution in [2.45, 2.75) is 46.4 Å². The molecule has 2 aromatic heterocycles. The first-order valence-corrected chi connectivity index (χ1v) is 6.84. The van der Waals surface area contributed by atoms with Crippen molar-refractivity contribution in [2.24, 2.45) is 0 Å². The highest BCUT2D eigenvalue weighted by Gasteiger charge is 2.16. The van der Waals surface area contributed by atoms with E-state index in [0.29, 0.717) is 17.8 Å². The molecule has 7 nitrogen and oxygen atoms in total. The zero-order valence-electron chi connectivity index (χ0n) is 12.0. The second-order valence-corrected chi connectivity index (χ2v) is 4.97. The quantitative estimate of drug-likeness (QED) is 0.807. The SMILES string of the molecule is CCCCOCn1c(=O)c2[nH]cnc2n(C(C)C)c1=O. The Labute approximate surface area is 116 Å². The van der Waals surface area contributed by atoms with E-state index >= 15 is 0 Å². The molecule has 0 saturated heterocycles. The first-order valence-electron chi connectivity index (χ1n) is 6.84. The van der Waals surface area contributed by atoms with Crippen molar-refractivity contribution in [1.29, 1.82) is 0 Å². The monoisotopic (exact) mass is 280 g/mol. The Bertz CT molecular complexity index is 696. The van der Waals surface area contributed by atoms with E-state index in [1.54, 1.807) is 0 Å². The van der Waals surface area contributed by atoms with Crippen molar-refractivity contribution >= 4 is 11.2 Å². The van der Waals surface area contributed by atoms with E-state index in [2.05, 4.69) is 16.9 Å². The van der Waals surface area contributed by atoms with Gasteiger partial charge in [0.15, 0.2) is 5.65 Å². The number of hydrogen-bond acceptors (Lipinski definition) is 4. The first kappa shape index (κ1) is 14.5. The van der Waals surface area contributed by atoms with Crippen molar-refractivity contribution in [3.63, 3.8) is 0 Å². The number of H-pyrrole nitrogens is 1. The third kappa shape index (κ3) is 2.53. The molecule has 0 radical (unpaired) electrons. The maximum atomic E-state index is 12.4. The molecule has 0 aliphatic heterocycles. The van der Waals surface area contributed by atoms with Crippen molar-refractivity contribution in [2.75, 3.05) is 6.61 Å². The van der Waals surface area contributed by atoms with Crippen molar-refractivity contribution in [1.82, 2.24) is 19.1 Å². The number of unbranched alkanes of at least 4 members (excludes halogenated alkanes) is 1. The molecule has 0 bridgehead atoms. The fraction of sp³-hybridized carbons (Fsp3) is 0.615. The highest BCUT2D eigenvalue weighted by molar-refractivity contribution is 5.68. The van der Waals surface area contributed by atoms with Crippen LogP contribution in [0.25, 0.3) is 11.2 Å². The predicted octanol–water partition coefficient (Wildman–Crippen LogP) is 1.24. The van der Waals surface area contributed by atoms with Crippen LogP contribution in [0.3, 0.4) is 0 Å². The lowest BCUT2D eigenvalue weighted by Gasteiger charge is -2.14.